The van der Waals surface area contributed by atoms with Crippen molar-refractivity contribution in [3.8, 4) is 0 Å². The van der Waals surface area contributed by atoms with Crippen LogP contribution in [0.1, 0.15) is 35.6 Å². The Labute approximate surface area is 91.9 Å². The number of rotatable bonds is 4. The molecule has 3 N–H and O–H groups in total. The van der Waals surface area contributed by atoms with Gasteiger partial charge < -0.3 is 10.8 Å². The maximum Gasteiger partial charge on any atom is 0.266 e. The number of aliphatic hydroxyl groups excluding tert-OH is 1. The van der Waals surface area contributed by atoms with E-state index in [0.717, 1.165) is 6.07 Å². The minimum Gasteiger partial charge on any atom is -0.396 e. The van der Waals surface area contributed by atoms with Crippen LogP contribution in [0, 0.1) is 12.7 Å². The highest BCUT2D eigenvalue weighted by Crippen LogP contribution is 2.28. The minimum atomic E-state index is -2.83. The Balaban J connectivity index is 3.09. The molecule has 1 unspecified atom stereocenters. The largest absolute Gasteiger partial charge is 0.396 e. The maximum atomic E-state index is 13.4. The van der Waals surface area contributed by atoms with Gasteiger partial charge in [-0.2, -0.15) is 0 Å². The molecule has 0 radical (unpaired) electrons. The molecule has 1 atom stereocenters. The van der Waals surface area contributed by atoms with Crippen LogP contribution in [-0.2, 0) is 0 Å². The van der Waals surface area contributed by atoms with Crippen LogP contribution in [0.2, 0.25) is 0 Å². The van der Waals surface area contributed by atoms with Crippen LogP contribution in [0.4, 0.5) is 13.2 Å². The van der Waals surface area contributed by atoms with E-state index in [0.29, 0.717) is 5.56 Å². The fraction of sp³-hybridized carbons (Fsp3) is 0.455. The van der Waals surface area contributed by atoms with E-state index in [9.17, 15) is 13.2 Å². The van der Waals surface area contributed by atoms with Crippen LogP contribution >= 0.6 is 0 Å². The second-order valence-electron chi connectivity index (χ2n) is 3.65. The monoisotopic (exact) mass is 233 g/mol. The summed E-state index contributed by atoms with van der Waals surface area (Å²) in [6, 6.07) is 1.91. The molecular formula is C11H14F3NO. The lowest BCUT2D eigenvalue weighted by atomic mass is 9.99. The molecule has 1 aromatic carbocycles. The van der Waals surface area contributed by atoms with Gasteiger partial charge >= 0.3 is 0 Å². The Bertz CT molecular complexity index is 345. The molecule has 0 bridgehead atoms. The average molecular weight is 233 g/mol. The first kappa shape index (κ1) is 13.0. The van der Waals surface area contributed by atoms with Gasteiger partial charge in [0.25, 0.3) is 6.43 Å². The Morgan fingerprint density at radius 1 is 1.38 bits per heavy atom. The first-order valence-corrected chi connectivity index (χ1v) is 4.92. The van der Waals surface area contributed by atoms with Gasteiger partial charge in [0.2, 0.25) is 0 Å². The van der Waals surface area contributed by atoms with Crippen LogP contribution in [0.25, 0.3) is 0 Å². The molecule has 2 nitrogen and oxygen atoms in total. The molecule has 0 saturated carbocycles. The summed E-state index contributed by atoms with van der Waals surface area (Å²) in [5.74, 6) is -0.946. The average Bonchev–Trinajstić information content (AvgIpc) is 2.16. The number of nitrogens with two attached hydrogens (primary N) is 1. The third-order valence-electron chi connectivity index (χ3n) is 2.45. The van der Waals surface area contributed by atoms with Gasteiger partial charge in [-0.25, -0.2) is 13.2 Å². The van der Waals surface area contributed by atoms with E-state index in [4.69, 9.17) is 10.8 Å². The normalized spacial score (nSPS) is 13.2. The summed E-state index contributed by atoms with van der Waals surface area (Å²) in [7, 11) is 0. The summed E-state index contributed by atoms with van der Waals surface area (Å²) in [6.07, 6.45) is -2.56. The van der Waals surface area contributed by atoms with Gasteiger partial charge in [0, 0.05) is 12.6 Å². The molecule has 0 aliphatic heterocycles. The number of hydrogen-bond acceptors (Lipinski definition) is 2. The van der Waals surface area contributed by atoms with Gasteiger partial charge in [0.05, 0.1) is 5.56 Å². The quantitative estimate of drug-likeness (QED) is 0.839. The molecule has 0 heterocycles. The molecule has 0 fully saturated rings. The first-order valence-electron chi connectivity index (χ1n) is 4.92. The minimum absolute atomic E-state index is 0.127. The molecule has 1 aromatic rings. The molecule has 0 saturated heterocycles. The SMILES string of the molecule is Cc1cc(C(N)CCO)cc(F)c1C(F)F. The molecule has 0 amide bonds. The zero-order valence-corrected chi connectivity index (χ0v) is 8.88. The number of benzene rings is 1. The molecule has 0 spiro atoms. The predicted octanol–water partition coefficient (Wildman–Crippen LogP) is 2.45. The molecule has 0 aliphatic carbocycles. The van der Waals surface area contributed by atoms with Gasteiger partial charge in [0.15, 0.2) is 0 Å². The molecule has 5 heteroatoms. The van der Waals surface area contributed by atoms with Gasteiger partial charge in [-0.05, 0) is 30.5 Å². The van der Waals surface area contributed by atoms with Crippen molar-refractivity contribution in [1.82, 2.24) is 0 Å². The highest BCUT2D eigenvalue weighted by Gasteiger charge is 2.18. The lowest BCUT2D eigenvalue weighted by molar-refractivity contribution is 0.145. The summed E-state index contributed by atoms with van der Waals surface area (Å²) >= 11 is 0. The van der Waals surface area contributed by atoms with Crippen molar-refractivity contribution in [2.45, 2.75) is 25.8 Å². The van der Waals surface area contributed by atoms with E-state index in [1.807, 2.05) is 0 Å². The summed E-state index contributed by atoms with van der Waals surface area (Å²) in [5, 5.41) is 8.69. The van der Waals surface area contributed by atoms with Crippen molar-refractivity contribution in [2.75, 3.05) is 6.61 Å². The number of aryl methyl sites for hydroxylation is 1. The van der Waals surface area contributed by atoms with Crippen molar-refractivity contribution < 1.29 is 18.3 Å². The highest BCUT2D eigenvalue weighted by molar-refractivity contribution is 5.34. The van der Waals surface area contributed by atoms with Crippen molar-refractivity contribution in [2.24, 2.45) is 5.73 Å². The predicted molar refractivity (Wildman–Crippen MR) is 54.7 cm³/mol. The van der Waals surface area contributed by atoms with Crippen molar-refractivity contribution in [1.29, 1.82) is 0 Å². The Kier molecular flexibility index (Phi) is 4.32. The Morgan fingerprint density at radius 2 is 2.00 bits per heavy atom. The van der Waals surface area contributed by atoms with E-state index in [1.165, 1.54) is 13.0 Å². The van der Waals surface area contributed by atoms with Crippen molar-refractivity contribution in [3.63, 3.8) is 0 Å². The van der Waals surface area contributed by atoms with E-state index in [2.05, 4.69) is 0 Å². The van der Waals surface area contributed by atoms with Crippen LogP contribution in [0.3, 0.4) is 0 Å². The molecule has 0 aliphatic rings. The summed E-state index contributed by atoms with van der Waals surface area (Å²) in [5.41, 5.74) is 5.68. The second-order valence-corrected chi connectivity index (χ2v) is 3.65. The topological polar surface area (TPSA) is 46.2 Å². The molecule has 0 aromatic heterocycles. The summed E-state index contributed by atoms with van der Waals surface area (Å²) < 4.78 is 38.3. The van der Waals surface area contributed by atoms with E-state index in [-0.39, 0.29) is 18.6 Å². The van der Waals surface area contributed by atoms with E-state index >= 15 is 0 Å². The van der Waals surface area contributed by atoms with E-state index < -0.39 is 23.8 Å². The number of aliphatic hydroxyl groups is 1. The van der Waals surface area contributed by atoms with Gasteiger partial charge in [-0.3, -0.25) is 0 Å². The smallest absolute Gasteiger partial charge is 0.266 e. The Morgan fingerprint density at radius 3 is 2.44 bits per heavy atom. The highest BCUT2D eigenvalue weighted by atomic mass is 19.3. The second kappa shape index (κ2) is 5.32. The third kappa shape index (κ3) is 2.74. The molecule has 90 valence electrons. The number of alkyl halides is 2. The van der Waals surface area contributed by atoms with Gasteiger partial charge in [-0.15, -0.1) is 0 Å². The van der Waals surface area contributed by atoms with E-state index in [1.54, 1.807) is 0 Å². The van der Waals surface area contributed by atoms with Gasteiger partial charge in [-0.1, -0.05) is 6.07 Å². The molecule has 1 rings (SSSR count). The lowest BCUT2D eigenvalue weighted by Gasteiger charge is -2.14. The molecule has 16 heavy (non-hydrogen) atoms. The first-order chi connectivity index (χ1) is 7.47. The zero-order chi connectivity index (χ0) is 12.3. The lowest BCUT2D eigenvalue weighted by Crippen LogP contribution is -2.13. The Hall–Kier alpha value is -1.07. The maximum absolute atomic E-state index is 13.4. The van der Waals surface area contributed by atoms with Crippen molar-refractivity contribution in [3.05, 3.63) is 34.6 Å². The zero-order valence-electron chi connectivity index (χ0n) is 8.88. The number of hydrogen-bond donors (Lipinski definition) is 2. The van der Waals surface area contributed by atoms with Gasteiger partial charge in [0.1, 0.15) is 5.82 Å². The van der Waals surface area contributed by atoms with Crippen LogP contribution in [0.15, 0.2) is 12.1 Å². The standard InChI is InChI=1S/C11H14F3NO/c1-6-4-7(9(15)2-3-16)5-8(12)10(6)11(13)14/h4-5,9,11,16H,2-3,15H2,1H3. The van der Waals surface area contributed by atoms with Crippen LogP contribution in [-0.4, -0.2) is 11.7 Å². The summed E-state index contributed by atoms with van der Waals surface area (Å²) in [4.78, 5) is 0. The van der Waals surface area contributed by atoms with Crippen LogP contribution in [0.5, 0.6) is 0 Å². The van der Waals surface area contributed by atoms with Crippen molar-refractivity contribution >= 4 is 0 Å². The van der Waals surface area contributed by atoms with Crippen LogP contribution < -0.4 is 5.73 Å². The third-order valence-corrected chi connectivity index (χ3v) is 2.45. The fourth-order valence-corrected chi connectivity index (χ4v) is 1.58. The number of halogens is 3. The summed E-state index contributed by atoms with van der Waals surface area (Å²) in [6.45, 7) is 1.29. The fourth-order valence-electron chi connectivity index (χ4n) is 1.58. The molecular weight excluding hydrogens is 219 g/mol.